The van der Waals surface area contributed by atoms with Crippen molar-refractivity contribution in [2.75, 3.05) is 44.7 Å². The second-order valence-corrected chi connectivity index (χ2v) is 6.82. The summed E-state index contributed by atoms with van der Waals surface area (Å²) in [6, 6.07) is 13.5. The number of ether oxygens (including phenoxy) is 1. The summed E-state index contributed by atoms with van der Waals surface area (Å²) in [6.07, 6.45) is 0.187. The molecule has 9 heteroatoms. The minimum Gasteiger partial charge on any atom is -0.496 e. The van der Waals surface area contributed by atoms with Crippen LogP contribution in [0.15, 0.2) is 48.5 Å². The number of amides is 2. The number of hydrogen-bond acceptors (Lipinski definition) is 6. The first-order valence-corrected chi connectivity index (χ1v) is 9.68. The Hall–Kier alpha value is -3.62. The third-order valence-electron chi connectivity index (χ3n) is 5.03. The van der Waals surface area contributed by atoms with Gasteiger partial charge < -0.3 is 19.9 Å². The van der Waals surface area contributed by atoms with E-state index >= 15 is 0 Å². The number of methoxy groups -OCH3 is 1. The summed E-state index contributed by atoms with van der Waals surface area (Å²) in [5.74, 6) is 0.131. The van der Waals surface area contributed by atoms with Gasteiger partial charge in [-0.25, -0.2) is 0 Å². The highest BCUT2D eigenvalue weighted by atomic mass is 16.6. The van der Waals surface area contributed by atoms with E-state index < -0.39 is 4.92 Å². The van der Waals surface area contributed by atoms with Crippen molar-refractivity contribution in [3.63, 3.8) is 0 Å². The quantitative estimate of drug-likeness (QED) is 0.551. The molecule has 1 aliphatic heterocycles. The SMILES string of the molecule is COc1ccccc1C(=O)NCCC(=O)N1CCN(c2ccccc2[N+](=O)[O-])CC1. The number of carbonyl (C=O) groups excluding carboxylic acids is 2. The normalized spacial score (nSPS) is 13.6. The van der Waals surface area contributed by atoms with Crippen LogP contribution < -0.4 is 15.0 Å². The second-order valence-electron chi connectivity index (χ2n) is 6.82. The summed E-state index contributed by atoms with van der Waals surface area (Å²) in [4.78, 5) is 39.3. The molecule has 30 heavy (non-hydrogen) atoms. The Balaban J connectivity index is 1.48. The highest BCUT2D eigenvalue weighted by Gasteiger charge is 2.25. The van der Waals surface area contributed by atoms with Gasteiger partial charge in [-0.3, -0.25) is 19.7 Å². The molecule has 1 saturated heterocycles. The van der Waals surface area contributed by atoms with Crippen LogP contribution in [0.4, 0.5) is 11.4 Å². The van der Waals surface area contributed by atoms with E-state index in [1.807, 2.05) is 4.90 Å². The van der Waals surface area contributed by atoms with E-state index in [2.05, 4.69) is 5.32 Å². The first kappa shape index (κ1) is 21.1. The van der Waals surface area contributed by atoms with Crippen molar-refractivity contribution in [1.29, 1.82) is 0 Å². The number of hydrogen-bond donors (Lipinski definition) is 1. The molecular weight excluding hydrogens is 388 g/mol. The van der Waals surface area contributed by atoms with Gasteiger partial charge in [-0.15, -0.1) is 0 Å². The van der Waals surface area contributed by atoms with E-state index in [-0.39, 0.29) is 30.5 Å². The van der Waals surface area contributed by atoms with E-state index in [1.165, 1.54) is 13.2 Å². The van der Waals surface area contributed by atoms with E-state index in [1.54, 1.807) is 47.4 Å². The largest absolute Gasteiger partial charge is 0.496 e. The Morgan fingerprint density at radius 3 is 2.43 bits per heavy atom. The van der Waals surface area contributed by atoms with Crippen LogP contribution in [-0.4, -0.2) is 61.5 Å². The minimum atomic E-state index is -0.392. The van der Waals surface area contributed by atoms with Crippen molar-refractivity contribution in [1.82, 2.24) is 10.2 Å². The molecule has 0 aromatic heterocycles. The third kappa shape index (κ3) is 4.86. The van der Waals surface area contributed by atoms with Gasteiger partial charge in [0, 0.05) is 45.2 Å². The molecule has 3 rings (SSSR count). The van der Waals surface area contributed by atoms with Crippen molar-refractivity contribution < 1.29 is 19.2 Å². The van der Waals surface area contributed by atoms with Crippen LogP contribution in [0.1, 0.15) is 16.8 Å². The maximum atomic E-state index is 12.5. The molecule has 2 aromatic rings. The van der Waals surface area contributed by atoms with Crippen LogP contribution in [0, 0.1) is 10.1 Å². The average Bonchev–Trinajstić information content (AvgIpc) is 2.78. The van der Waals surface area contributed by atoms with Gasteiger partial charge in [-0.1, -0.05) is 24.3 Å². The van der Waals surface area contributed by atoms with Crippen LogP contribution in [0.3, 0.4) is 0 Å². The molecule has 0 radical (unpaired) electrons. The minimum absolute atomic E-state index is 0.0578. The molecule has 9 nitrogen and oxygen atoms in total. The Bertz CT molecular complexity index is 925. The van der Waals surface area contributed by atoms with E-state index in [0.29, 0.717) is 43.2 Å². The molecule has 2 amide bonds. The second kappa shape index (κ2) is 9.73. The van der Waals surface area contributed by atoms with Gasteiger partial charge in [0.2, 0.25) is 5.91 Å². The molecule has 0 aliphatic carbocycles. The topological polar surface area (TPSA) is 105 Å². The molecule has 1 fully saturated rings. The number of nitrogens with one attached hydrogen (secondary N) is 1. The fourth-order valence-corrected chi connectivity index (χ4v) is 3.45. The Morgan fingerprint density at radius 1 is 1.07 bits per heavy atom. The van der Waals surface area contributed by atoms with Crippen molar-refractivity contribution in [2.45, 2.75) is 6.42 Å². The molecule has 1 aliphatic rings. The fraction of sp³-hybridized carbons (Fsp3) is 0.333. The molecule has 0 saturated carbocycles. The third-order valence-corrected chi connectivity index (χ3v) is 5.03. The zero-order valence-corrected chi connectivity index (χ0v) is 16.7. The summed E-state index contributed by atoms with van der Waals surface area (Å²) < 4.78 is 5.18. The summed E-state index contributed by atoms with van der Waals surface area (Å²) in [7, 11) is 1.50. The highest BCUT2D eigenvalue weighted by molar-refractivity contribution is 5.97. The molecule has 1 heterocycles. The Morgan fingerprint density at radius 2 is 1.73 bits per heavy atom. The molecule has 0 spiro atoms. The van der Waals surface area contributed by atoms with Crippen LogP contribution in [0.2, 0.25) is 0 Å². The predicted molar refractivity (Wildman–Crippen MR) is 112 cm³/mol. The van der Waals surface area contributed by atoms with Gasteiger partial charge in [-0.2, -0.15) is 0 Å². The maximum absolute atomic E-state index is 12.5. The summed E-state index contributed by atoms with van der Waals surface area (Å²) >= 11 is 0. The van der Waals surface area contributed by atoms with Crippen LogP contribution in [0.25, 0.3) is 0 Å². The van der Waals surface area contributed by atoms with Crippen molar-refractivity contribution >= 4 is 23.2 Å². The molecule has 0 bridgehead atoms. The predicted octanol–water partition coefficient (Wildman–Crippen LogP) is 2.07. The zero-order chi connectivity index (χ0) is 21.5. The highest BCUT2D eigenvalue weighted by Crippen LogP contribution is 2.28. The van der Waals surface area contributed by atoms with E-state index in [0.717, 1.165) is 0 Å². The Labute approximate surface area is 174 Å². The number of rotatable bonds is 7. The summed E-state index contributed by atoms with van der Waals surface area (Å²) in [6.45, 7) is 2.21. The number of anilines is 1. The van der Waals surface area contributed by atoms with E-state index in [9.17, 15) is 19.7 Å². The summed E-state index contributed by atoms with van der Waals surface area (Å²) in [5, 5.41) is 14.0. The lowest BCUT2D eigenvalue weighted by Crippen LogP contribution is -2.49. The van der Waals surface area contributed by atoms with Crippen LogP contribution in [0.5, 0.6) is 5.75 Å². The van der Waals surface area contributed by atoms with Crippen molar-refractivity contribution in [3.05, 3.63) is 64.2 Å². The Kier molecular flexibility index (Phi) is 6.84. The lowest BCUT2D eigenvalue weighted by molar-refractivity contribution is -0.384. The van der Waals surface area contributed by atoms with Crippen molar-refractivity contribution in [3.8, 4) is 5.75 Å². The number of benzene rings is 2. The van der Waals surface area contributed by atoms with Crippen molar-refractivity contribution in [2.24, 2.45) is 0 Å². The lowest BCUT2D eigenvalue weighted by atomic mass is 10.2. The maximum Gasteiger partial charge on any atom is 0.292 e. The summed E-state index contributed by atoms with van der Waals surface area (Å²) in [5.41, 5.74) is 1.06. The fourth-order valence-electron chi connectivity index (χ4n) is 3.45. The average molecular weight is 412 g/mol. The first-order valence-electron chi connectivity index (χ1n) is 9.68. The van der Waals surface area contributed by atoms with E-state index in [4.69, 9.17) is 4.74 Å². The van der Waals surface area contributed by atoms with Gasteiger partial charge in [0.15, 0.2) is 0 Å². The smallest absolute Gasteiger partial charge is 0.292 e. The number of piperazine rings is 1. The molecule has 0 atom stereocenters. The lowest BCUT2D eigenvalue weighted by Gasteiger charge is -2.35. The number of nitro groups is 1. The molecule has 1 N–H and O–H groups in total. The number of carbonyl (C=O) groups is 2. The van der Waals surface area contributed by atoms with Gasteiger partial charge in [0.1, 0.15) is 11.4 Å². The molecule has 0 unspecified atom stereocenters. The number of nitrogens with zero attached hydrogens (tertiary/aromatic N) is 3. The van der Waals surface area contributed by atoms with Crippen LogP contribution >= 0.6 is 0 Å². The molecule has 2 aromatic carbocycles. The van der Waals surface area contributed by atoms with Gasteiger partial charge >= 0.3 is 0 Å². The molecular formula is C21H24N4O5. The number of para-hydroxylation sites is 3. The zero-order valence-electron chi connectivity index (χ0n) is 16.7. The van der Waals surface area contributed by atoms with Crippen LogP contribution in [-0.2, 0) is 4.79 Å². The van der Waals surface area contributed by atoms with Gasteiger partial charge in [-0.05, 0) is 18.2 Å². The standard InChI is InChI=1S/C21H24N4O5/c1-30-19-9-5-2-6-16(19)21(27)22-11-10-20(26)24-14-12-23(13-15-24)17-7-3-4-8-18(17)25(28)29/h2-9H,10-15H2,1H3,(H,22,27). The number of nitro benzene ring substituents is 1. The van der Waals surface area contributed by atoms with Gasteiger partial charge in [0.25, 0.3) is 11.6 Å². The van der Waals surface area contributed by atoms with Gasteiger partial charge in [0.05, 0.1) is 17.6 Å². The monoisotopic (exact) mass is 412 g/mol. The molecule has 158 valence electrons. The first-order chi connectivity index (χ1) is 14.5.